The van der Waals surface area contributed by atoms with Gasteiger partial charge in [0.1, 0.15) is 0 Å². The Kier molecular flexibility index (Phi) is 5.44. The summed E-state index contributed by atoms with van der Waals surface area (Å²) in [5, 5.41) is 6.18. The summed E-state index contributed by atoms with van der Waals surface area (Å²) in [6.45, 7) is 2.83. The fourth-order valence-electron chi connectivity index (χ4n) is 1.86. The van der Waals surface area contributed by atoms with Crippen LogP contribution in [0, 0.1) is 0 Å². The number of ether oxygens (including phenoxy) is 1. The Morgan fingerprint density at radius 2 is 2.50 bits per heavy atom. The van der Waals surface area contributed by atoms with Gasteiger partial charge in [-0.15, -0.1) is 11.3 Å². The lowest BCUT2D eigenvalue weighted by Crippen LogP contribution is -2.44. The van der Waals surface area contributed by atoms with E-state index in [4.69, 9.17) is 16.3 Å². The lowest BCUT2D eigenvalue weighted by Gasteiger charge is -2.23. The number of morpholine rings is 1. The highest BCUT2D eigenvalue weighted by Gasteiger charge is 2.16. The van der Waals surface area contributed by atoms with Gasteiger partial charge in [-0.25, -0.2) is 0 Å². The average Bonchev–Trinajstić information content (AvgIpc) is 2.76. The molecule has 0 radical (unpaired) electrons. The largest absolute Gasteiger partial charge is 0.378 e. The van der Waals surface area contributed by atoms with Crippen molar-refractivity contribution in [3.05, 3.63) is 21.3 Å². The molecule has 1 aliphatic rings. The van der Waals surface area contributed by atoms with E-state index < -0.39 is 0 Å². The molecule has 1 aromatic rings. The van der Waals surface area contributed by atoms with Gasteiger partial charge < -0.3 is 15.4 Å². The van der Waals surface area contributed by atoms with Crippen molar-refractivity contribution in [2.24, 2.45) is 0 Å². The molecule has 2 heterocycles. The van der Waals surface area contributed by atoms with Gasteiger partial charge in [-0.1, -0.05) is 11.6 Å². The van der Waals surface area contributed by atoms with Gasteiger partial charge in [-0.2, -0.15) is 0 Å². The summed E-state index contributed by atoms with van der Waals surface area (Å²) >= 11 is 7.40. The molecule has 100 valence electrons. The molecule has 2 N–H and O–H groups in total. The van der Waals surface area contributed by atoms with Crippen LogP contribution in [0.2, 0.25) is 4.34 Å². The van der Waals surface area contributed by atoms with Gasteiger partial charge in [0.05, 0.1) is 17.6 Å². The molecule has 1 aliphatic heterocycles. The summed E-state index contributed by atoms with van der Waals surface area (Å²) in [5.41, 5.74) is 0. The molecule has 0 aliphatic carbocycles. The fraction of sp³-hybridized carbons (Fsp3) is 0.583. The van der Waals surface area contributed by atoms with Crippen LogP contribution in [0.3, 0.4) is 0 Å². The highest BCUT2D eigenvalue weighted by atomic mass is 35.5. The molecular weight excluding hydrogens is 272 g/mol. The molecule has 18 heavy (non-hydrogen) atoms. The Morgan fingerprint density at radius 1 is 1.61 bits per heavy atom. The number of hydrogen-bond acceptors (Lipinski definition) is 4. The zero-order valence-electron chi connectivity index (χ0n) is 10.1. The first-order valence-corrected chi connectivity index (χ1v) is 7.25. The number of nitrogens with one attached hydrogen (secondary N) is 2. The molecule has 4 nitrogen and oxygen atoms in total. The second-order valence-electron chi connectivity index (χ2n) is 4.24. The van der Waals surface area contributed by atoms with Crippen molar-refractivity contribution >= 4 is 28.8 Å². The predicted octanol–water partition coefficient (Wildman–Crippen LogP) is 1.44. The van der Waals surface area contributed by atoms with Crippen molar-refractivity contribution in [2.75, 3.05) is 26.3 Å². The van der Waals surface area contributed by atoms with Gasteiger partial charge in [0.2, 0.25) is 5.91 Å². The first kappa shape index (κ1) is 13.8. The number of carbonyl (C=O) groups is 1. The second kappa shape index (κ2) is 7.09. The van der Waals surface area contributed by atoms with Crippen molar-refractivity contribution in [3.63, 3.8) is 0 Å². The lowest BCUT2D eigenvalue weighted by atomic mass is 10.2. The Bertz CT molecular complexity index is 391. The number of amides is 1. The van der Waals surface area contributed by atoms with Crippen LogP contribution in [0.1, 0.15) is 11.3 Å². The normalized spacial score (nSPS) is 19.7. The van der Waals surface area contributed by atoms with Crippen LogP contribution in [0.25, 0.3) is 0 Å². The van der Waals surface area contributed by atoms with Gasteiger partial charge in [0, 0.05) is 30.4 Å². The van der Waals surface area contributed by atoms with Crippen LogP contribution in [0.15, 0.2) is 12.1 Å². The summed E-state index contributed by atoms with van der Waals surface area (Å²) in [6, 6.07) is 4.03. The summed E-state index contributed by atoms with van der Waals surface area (Å²) in [4.78, 5) is 12.9. The van der Waals surface area contributed by atoms with E-state index >= 15 is 0 Å². The topological polar surface area (TPSA) is 50.4 Å². The molecule has 1 aromatic heterocycles. The Morgan fingerprint density at radius 3 is 3.17 bits per heavy atom. The third kappa shape index (κ3) is 4.57. The maximum absolute atomic E-state index is 11.7. The van der Waals surface area contributed by atoms with Crippen LogP contribution in [-0.4, -0.2) is 38.3 Å². The Labute approximate surface area is 116 Å². The first-order chi connectivity index (χ1) is 8.74. The molecule has 1 fully saturated rings. The summed E-state index contributed by atoms with van der Waals surface area (Å²) in [5.74, 6) is 0.0700. The van der Waals surface area contributed by atoms with E-state index in [1.807, 2.05) is 12.1 Å². The Hall–Kier alpha value is -0.620. The minimum absolute atomic E-state index is 0.0700. The first-order valence-electron chi connectivity index (χ1n) is 6.06. The van der Waals surface area contributed by atoms with Gasteiger partial charge in [-0.3, -0.25) is 4.79 Å². The van der Waals surface area contributed by atoms with Crippen molar-refractivity contribution in [3.8, 4) is 0 Å². The maximum Gasteiger partial charge on any atom is 0.221 e. The van der Waals surface area contributed by atoms with Gasteiger partial charge in [0.15, 0.2) is 0 Å². The zero-order chi connectivity index (χ0) is 12.8. The lowest BCUT2D eigenvalue weighted by molar-refractivity contribution is -0.122. The number of halogens is 1. The minimum Gasteiger partial charge on any atom is -0.378 e. The molecule has 2 rings (SSSR count). The molecule has 0 bridgehead atoms. The number of rotatable bonds is 5. The summed E-state index contributed by atoms with van der Waals surface area (Å²) in [6.07, 6.45) is 1.31. The van der Waals surface area contributed by atoms with Crippen molar-refractivity contribution in [1.29, 1.82) is 0 Å². The zero-order valence-corrected chi connectivity index (χ0v) is 11.6. The van der Waals surface area contributed by atoms with Crippen LogP contribution >= 0.6 is 22.9 Å². The smallest absolute Gasteiger partial charge is 0.221 e. The SMILES string of the molecule is O=C(CC1COCCN1)NCCc1ccc(Cl)s1. The van der Waals surface area contributed by atoms with E-state index in [1.165, 1.54) is 4.88 Å². The minimum atomic E-state index is 0.0700. The van der Waals surface area contributed by atoms with E-state index in [1.54, 1.807) is 11.3 Å². The quantitative estimate of drug-likeness (QED) is 0.862. The summed E-state index contributed by atoms with van der Waals surface area (Å²) < 4.78 is 6.10. The van der Waals surface area contributed by atoms with Gasteiger partial charge in [0.25, 0.3) is 0 Å². The average molecular weight is 289 g/mol. The standard InChI is InChI=1S/C12H17ClN2O2S/c13-11-2-1-10(18-11)3-4-15-12(16)7-9-8-17-6-5-14-9/h1-2,9,14H,3-8H2,(H,15,16). The van der Waals surface area contributed by atoms with Crippen molar-refractivity contribution in [2.45, 2.75) is 18.9 Å². The van der Waals surface area contributed by atoms with E-state index in [0.717, 1.165) is 23.9 Å². The van der Waals surface area contributed by atoms with E-state index in [0.29, 0.717) is 19.6 Å². The maximum atomic E-state index is 11.7. The van der Waals surface area contributed by atoms with Crippen LogP contribution < -0.4 is 10.6 Å². The molecule has 1 saturated heterocycles. The third-order valence-electron chi connectivity index (χ3n) is 2.75. The van der Waals surface area contributed by atoms with Gasteiger partial charge in [-0.05, 0) is 18.6 Å². The molecule has 1 atom stereocenters. The Balaban J connectivity index is 1.62. The highest BCUT2D eigenvalue weighted by molar-refractivity contribution is 7.16. The number of carbonyl (C=O) groups excluding carboxylic acids is 1. The fourth-order valence-corrected chi connectivity index (χ4v) is 2.95. The molecule has 6 heteroatoms. The summed E-state index contributed by atoms with van der Waals surface area (Å²) in [7, 11) is 0. The molecule has 0 aromatic carbocycles. The van der Waals surface area contributed by atoms with Crippen molar-refractivity contribution in [1.82, 2.24) is 10.6 Å². The van der Waals surface area contributed by atoms with Crippen LogP contribution in [-0.2, 0) is 16.0 Å². The van der Waals surface area contributed by atoms with E-state index in [2.05, 4.69) is 10.6 Å². The molecule has 0 saturated carbocycles. The highest BCUT2D eigenvalue weighted by Crippen LogP contribution is 2.21. The number of thiophene rings is 1. The van der Waals surface area contributed by atoms with E-state index in [9.17, 15) is 4.79 Å². The molecule has 0 spiro atoms. The van der Waals surface area contributed by atoms with Crippen molar-refractivity contribution < 1.29 is 9.53 Å². The van der Waals surface area contributed by atoms with Crippen LogP contribution in [0.5, 0.6) is 0 Å². The predicted molar refractivity (Wildman–Crippen MR) is 73.3 cm³/mol. The molecular formula is C12H17ClN2O2S. The third-order valence-corrected chi connectivity index (χ3v) is 4.04. The van der Waals surface area contributed by atoms with Crippen LogP contribution in [0.4, 0.5) is 0 Å². The van der Waals surface area contributed by atoms with E-state index in [-0.39, 0.29) is 11.9 Å². The monoisotopic (exact) mass is 288 g/mol. The molecule has 1 amide bonds. The second-order valence-corrected chi connectivity index (χ2v) is 6.04. The molecule has 1 unspecified atom stereocenters. The van der Waals surface area contributed by atoms with Gasteiger partial charge >= 0.3 is 0 Å². The number of hydrogen-bond donors (Lipinski definition) is 2.